The number of nitrogens with one attached hydrogen (secondary N) is 11. The molecule has 4 rings (SSSR count). The zero-order chi connectivity index (χ0) is 85.3. The van der Waals surface area contributed by atoms with Gasteiger partial charge in [-0.25, -0.2) is 4.79 Å². The maximum atomic E-state index is 15.1. The molecule has 1 aliphatic rings. The summed E-state index contributed by atoms with van der Waals surface area (Å²) in [5.74, 6) is -11.3. The number of likely N-dealkylation sites (tertiary alicyclic amines) is 1. The third-order valence-electron chi connectivity index (χ3n) is 20.1. The van der Waals surface area contributed by atoms with Gasteiger partial charge in [-0.15, -0.1) is 0 Å². The van der Waals surface area contributed by atoms with E-state index < -0.39 is 167 Å². The van der Waals surface area contributed by atoms with Crippen LogP contribution in [0.15, 0.2) is 91.0 Å². The van der Waals surface area contributed by atoms with Crippen molar-refractivity contribution in [2.24, 2.45) is 58.3 Å². The minimum absolute atomic E-state index is 0.0299. The molecule has 0 spiro atoms. The number of unbranched alkanes of at least 4 members (excludes halogenated alkanes) is 4. The van der Waals surface area contributed by atoms with Crippen LogP contribution in [0, 0.1) is 29.6 Å². The highest BCUT2D eigenvalue weighted by molar-refractivity contribution is 6.00. The molecule has 0 aromatic heterocycles. The standard InChI is InChI=1S/C84H135N17O14/c1-51(2)45-63(76(106)95-65(48-56-29-14-11-15-30-56)77(107)96-67(50-58-33-18-13-19-34-58)80(110)100-71(55(9)10)84(114)115)94-78(108)66(49-57-31-16-12-17-32-57)97-81(111)69-39-28-44-101(69)83(113)68(47-53(5)6)98-82(112)70(54(7)8)99-79(109)64(46-52(3)4)93-75(105)62(38-23-27-43-88)92-74(104)61(37-22-26-42-87)91-73(103)60(36-21-25-41-86)90-72(102)59(89)35-20-24-40-85/h11-19,29-34,51-55,59-71H,20-28,35-50,85-89H2,1-10H3,(H,90,102)(H,91,103)(H,92,104)(H,93,105)(H,94,108)(H,95,106)(H,96,107)(H,97,111)(H,98,112)(H,99,109)(H,100,110)(H,114,115)/t59-,60-,61-,62-,63-,64-,65-,66-,67-,68-,69-,70-,71-/m0/s1. The van der Waals surface area contributed by atoms with Crippen molar-refractivity contribution in [2.75, 3.05) is 32.7 Å². The van der Waals surface area contributed by atoms with Crippen molar-refractivity contribution in [3.05, 3.63) is 108 Å². The molecule has 31 heteroatoms. The van der Waals surface area contributed by atoms with Crippen LogP contribution < -0.4 is 87.2 Å². The van der Waals surface area contributed by atoms with Crippen LogP contribution in [0.2, 0.25) is 0 Å². The molecule has 1 saturated heterocycles. The molecule has 22 N–H and O–H groups in total. The summed E-state index contributed by atoms with van der Waals surface area (Å²) in [6, 6.07) is 10.6. The van der Waals surface area contributed by atoms with Crippen LogP contribution in [0.5, 0.6) is 0 Å². The van der Waals surface area contributed by atoms with Crippen LogP contribution in [0.1, 0.15) is 195 Å². The van der Waals surface area contributed by atoms with Crippen molar-refractivity contribution in [2.45, 2.75) is 276 Å². The second kappa shape index (κ2) is 52.2. The van der Waals surface area contributed by atoms with Gasteiger partial charge in [-0.3, -0.25) is 57.5 Å². The first-order chi connectivity index (χ1) is 54.7. The highest BCUT2D eigenvalue weighted by Gasteiger charge is 2.42. The highest BCUT2D eigenvalue weighted by atomic mass is 16.4. The predicted octanol–water partition coefficient (Wildman–Crippen LogP) is 2.42. The number of benzene rings is 3. The van der Waals surface area contributed by atoms with Crippen molar-refractivity contribution in [3.8, 4) is 0 Å². The lowest BCUT2D eigenvalue weighted by molar-refractivity contribution is -0.143. The fourth-order valence-electron chi connectivity index (χ4n) is 13.7. The SMILES string of the molecule is CC(C)C[C@H](NC(=O)[C@H](Cc1ccccc1)NC(=O)[C@@H]1CCCN1C(=O)[C@H](CC(C)C)NC(=O)[C@@H](NC(=O)[C@H](CC(C)C)NC(=O)[C@H](CCCCN)NC(=O)[C@H](CCCCN)NC(=O)[C@H](CCCCN)NC(=O)[C@@H](N)CCCCN)C(C)C)C(=O)N[C@@H](Cc1ccccc1)C(=O)N[C@@H](Cc1ccccc1)C(=O)N[C@H](C(=O)O)C(C)C. The molecule has 12 amide bonds. The number of nitrogens with two attached hydrogens (primary N) is 5. The molecule has 0 bridgehead atoms. The molecule has 115 heavy (non-hydrogen) atoms. The first-order valence-corrected chi connectivity index (χ1v) is 41.3. The van der Waals surface area contributed by atoms with Gasteiger partial charge >= 0.3 is 5.97 Å². The maximum Gasteiger partial charge on any atom is 0.326 e. The van der Waals surface area contributed by atoms with Crippen LogP contribution >= 0.6 is 0 Å². The lowest BCUT2D eigenvalue weighted by Gasteiger charge is -2.32. The van der Waals surface area contributed by atoms with Crippen molar-refractivity contribution in [1.82, 2.24) is 63.4 Å². The summed E-state index contributed by atoms with van der Waals surface area (Å²) in [5, 5.41) is 41.0. The Morgan fingerprint density at radius 2 is 0.652 bits per heavy atom. The molecule has 1 heterocycles. The first-order valence-electron chi connectivity index (χ1n) is 41.3. The number of hydrogen-bond donors (Lipinski definition) is 17. The largest absolute Gasteiger partial charge is 0.480 e. The summed E-state index contributed by atoms with van der Waals surface area (Å²) >= 11 is 0. The number of carbonyl (C=O) groups is 13. The molecular formula is C84H135N17O14. The average molecular weight is 1610 g/mol. The van der Waals surface area contributed by atoms with Gasteiger partial charge in [0.15, 0.2) is 0 Å². The van der Waals surface area contributed by atoms with Crippen LogP contribution in [0.3, 0.4) is 0 Å². The summed E-state index contributed by atoms with van der Waals surface area (Å²) in [4.78, 5) is 188. The molecule has 640 valence electrons. The minimum atomic E-state index is -1.34. The molecule has 0 radical (unpaired) electrons. The van der Waals surface area contributed by atoms with E-state index in [1.54, 1.807) is 119 Å². The van der Waals surface area contributed by atoms with E-state index >= 15 is 9.59 Å². The average Bonchev–Trinajstić information content (AvgIpc) is 1.74. The Balaban J connectivity index is 1.60. The van der Waals surface area contributed by atoms with E-state index in [-0.39, 0.29) is 95.1 Å². The second-order valence-corrected chi connectivity index (χ2v) is 32.2. The molecule has 3 aromatic rings. The van der Waals surface area contributed by atoms with Crippen LogP contribution in [0.4, 0.5) is 0 Å². The Morgan fingerprint density at radius 1 is 0.357 bits per heavy atom. The summed E-state index contributed by atoms with van der Waals surface area (Å²) in [6.45, 7) is 19.2. The van der Waals surface area contributed by atoms with Crippen LogP contribution in [0.25, 0.3) is 0 Å². The zero-order valence-electron chi connectivity index (χ0n) is 69.3. The maximum absolute atomic E-state index is 15.1. The van der Waals surface area contributed by atoms with Gasteiger partial charge < -0.3 is 97.2 Å². The summed E-state index contributed by atoms with van der Waals surface area (Å²) in [7, 11) is 0. The molecule has 3 aromatic carbocycles. The molecular weight excluding hydrogens is 1470 g/mol. The first kappa shape index (κ1) is 97.9. The van der Waals surface area contributed by atoms with Gasteiger partial charge in [-0.1, -0.05) is 167 Å². The fourth-order valence-corrected chi connectivity index (χ4v) is 13.7. The number of carbonyl (C=O) groups excluding carboxylic acids is 12. The van der Waals surface area contributed by atoms with E-state index in [1.807, 2.05) is 41.5 Å². The summed E-state index contributed by atoms with van der Waals surface area (Å²) in [6.07, 6.45) is 5.49. The van der Waals surface area contributed by atoms with Gasteiger partial charge in [0.05, 0.1) is 6.04 Å². The topological polar surface area (TPSA) is 508 Å². The monoisotopic (exact) mass is 1610 g/mol. The van der Waals surface area contributed by atoms with Crippen molar-refractivity contribution >= 4 is 76.9 Å². The summed E-state index contributed by atoms with van der Waals surface area (Å²) in [5.41, 5.74) is 31.3. The summed E-state index contributed by atoms with van der Waals surface area (Å²) < 4.78 is 0. The number of amides is 12. The van der Waals surface area contributed by atoms with Gasteiger partial charge in [-0.2, -0.15) is 0 Å². The van der Waals surface area contributed by atoms with Crippen LogP contribution in [-0.4, -0.2) is 198 Å². The van der Waals surface area contributed by atoms with E-state index in [1.165, 1.54) is 4.90 Å². The minimum Gasteiger partial charge on any atom is -0.480 e. The fraction of sp³-hybridized carbons (Fsp3) is 0.631. The Kier molecular flexibility index (Phi) is 44.5. The Labute approximate surface area is 679 Å². The normalized spacial score (nSPS) is 15.9. The van der Waals surface area contributed by atoms with Crippen molar-refractivity contribution in [1.29, 1.82) is 0 Å². The molecule has 31 nitrogen and oxygen atoms in total. The van der Waals surface area contributed by atoms with Crippen molar-refractivity contribution in [3.63, 3.8) is 0 Å². The number of carboxylic acid groups (broad SMARTS) is 1. The lowest BCUT2D eigenvalue weighted by Crippen LogP contribution is -2.61. The number of carboxylic acids is 1. The molecule has 13 atom stereocenters. The van der Waals surface area contributed by atoms with E-state index in [4.69, 9.17) is 28.7 Å². The Hall–Kier alpha value is -9.43. The molecule has 0 saturated carbocycles. The molecule has 1 aliphatic heterocycles. The number of hydrogen-bond acceptors (Lipinski definition) is 18. The van der Waals surface area contributed by atoms with Gasteiger partial charge in [0.1, 0.15) is 72.5 Å². The van der Waals surface area contributed by atoms with Gasteiger partial charge in [0.2, 0.25) is 70.9 Å². The Bertz CT molecular complexity index is 3540. The number of aliphatic carboxylic acids is 1. The van der Waals surface area contributed by atoms with E-state index in [0.717, 1.165) is 0 Å². The number of nitrogens with zero attached hydrogens (tertiary/aromatic N) is 1. The smallest absolute Gasteiger partial charge is 0.326 e. The van der Waals surface area contributed by atoms with Gasteiger partial charge in [-0.05, 0) is 175 Å². The van der Waals surface area contributed by atoms with Crippen LogP contribution in [-0.2, 0) is 81.6 Å². The van der Waals surface area contributed by atoms with Gasteiger partial charge in [0, 0.05) is 25.8 Å². The lowest BCUT2D eigenvalue weighted by atomic mass is 9.97. The third-order valence-corrected chi connectivity index (χ3v) is 20.1. The second-order valence-electron chi connectivity index (χ2n) is 32.2. The number of rotatable bonds is 54. The third kappa shape index (κ3) is 35.3. The van der Waals surface area contributed by atoms with Gasteiger partial charge in [0.25, 0.3) is 0 Å². The zero-order valence-corrected chi connectivity index (χ0v) is 69.3. The molecule has 0 unspecified atom stereocenters. The predicted molar refractivity (Wildman–Crippen MR) is 442 cm³/mol. The molecule has 0 aliphatic carbocycles. The highest BCUT2D eigenvalue weighted by Crippen LogP contribution is 2.23. The van der Waals surface area contributed by atoms with E-state index in [2.05, 4.69) is 58.5 Å². The van der Waals surface area contributed by atoms with Crippen molar-refractivity contribution < 1.29 is 67.4 Å². The quantitative estimate of drug-likeness (QED) is 0.0361. The van der Waals surface area contributed by atoms with E-state index in [9.17, 15) is 57.8 Å². The van der Waals surface area contributed by atoms with E-state index in [0.29, 0.717) is 101 Å². The molecule has 1 fully saturated rings. The Morgan fingerprint density at radius 3 is 1.02 bits per heavy atom.